The van der Waals surface area contributed by atoms with E-state index in [4.69, 9.17) is 4.74 Å². The molecule has 3 heteroatoms. The van der Waals surface area contributed by atoms with Crippen LogP contribution in [0, 0.1) is 17.3 Å². The van der Waals surface area contributed by atoms with Crippen LogP contribution < -0.4 is 0 Å². The number of hydrogen-bond donors (Lipinski definition) is 0. The number of hydrogen-bond acceptors (Lipinski definition) is 2. The summed E-state index contributed by atoms with van der Waals surface area (Å²) in [5.74, 6) is 1.54. The second-order valence-corrected chi connectivity index (χ2v) is 8.41. The van der Waals surface area contributed by atoms with Gasteiger partial charge < -0.3 is 9.64 Å². The van der Waals surface area contributed by atoms with E-state index in [1.54, 1.807) is 0 Å². The molecule has 3 aliphatic rings. The fourth-order valence-corrected chi connectivity index (χ4v) is 4.61. The molecule has 0 radical (unpaired) electrons. The number of nitrogens with zero attached hydrogens (tertiary/aromatic N) is 1. The van der Waals surface area contributed by atoms with Gasteiger partial charge in [0.15, 0.2) is 0 Å². The molecule has 0 bridgehead atoms. The molecule has 114 valence electrons. The van der Waals surface area contributed by atoms with Crippen molar-refractivity contribution in [2.24, 2.45) is 17.3 Å². The van der Waals surface area contributed by atoms with Crippen LogP contribution >= 0.6 is 0 Å². The van der Waals surface area contributed by atoms with Crippen LogP contribution in [0.3, 0.4) is 0 Å². The van der Waals surface area contributed by atoms with Crippen LogP contribution in [0.2, 0.25) is 0 Å². The maximum absolute atomic E-state index is 12.9. The zero-order valence-corrected chi connectivity index (χ0v) is 13.6. The van der Waals surface area contributed by atoms with Gasteiger partial charge in [-0.15, -0.1) is 0 Å². The van der Waals surface area contributed by atoms with Crippen LogP contribution in [0.15, 0.2) is 0 Å². The van der Waals surface area contributed by atoms with E-state index in [9.17, 15) is 4.79 Å². The summed E-state index contributed by atoms with van der Waals surface area (Å²) in [6.45, 7) is 11.0. The summed E-state index contributed by atoms with van der Waals surface area (Å²) >= 11 is 0. The van der Waals surface area contributed by atoms with Gasteiger partial charge in [0.05, 0.1) is 6.10 Å². The quantitative estimate of drug-likeness (QED) is 0.678. The molecule has 0 aromatic rings. The first-order valence-electron chi connectivity index (χ1n) is 8.23. The van der Waals surface area contributed by atoms with Crippen molar-refractivity contribution < 1.29 is 9.53 Å². The highest BCUT2D eigenvalue weighted by atomic mass is 16.5. The lowest BCUT2D eigenvalue weighted by atomic mass is 9.68. The Bertz CT molecular complexity index is 415. The number of amides is 1. The maximum Gasteiger partial charge on any atom is 0.230 e. The molecule has 0 aromatic heterocycles. The van der Waals surface area contributed by atoms with E-state index >= 15 is 0 Å². The second kappa shape index (κ2) is 4.46. The van der Waals surface area contributed by atoms with Crippen molar-refractivity contribution in [1.82, 2.24) is 4.90 Å². The Morgan fingerprint density at radius 2 is 1.85 bits per heavy atom. The standard InChI is InChI=1S/C17H29NO2/c1-11-6-7-12-13(10-11)20-14-8-9-16(2,3)15(19)18(14)17(12,4)5/h11-14H,6-10H2,1-5H3/t11-,12+,13-,14+/m1/s1. The largest absolute Gasteiger partial charge is 0.355 e. The predicted octanol–water partition coefficient (Wildman–Crippen LogP) is 3.57. The molecule has 1 saturated carbocycles. The van der Waals surface area contributed by atoms with Gasteiger partial charge in [0.1, 0.15) is 6.23 Å². The van der Waals surface area contributed by atoms with Gasteiger partial charge in [0.25, 0.3) is 0 Å². The molecule has 0 unspecified atom stereocenters. The van der Waals surface area contributed by atoms with E-state index in [2.05, 4.69) is 39.5 Å². The third-order valence-electron chi connectivity index (χ3n) is 6.02. The lowest BCUT2D eigenvalue weighted by molar-refractivity contribution is -0.247. The first kappa shape index (κ1) is 14.4. The Labute approximate surface area is 123 Å². The van der Waals surface area contributed by atoms with Crippen molar-refractivity contribution in [2.75, 3.05) is 0 Å². The minimum absolute atomic E-state index is 0.0112. The first-order valence-corrected chi connectivity index (χ1v) is 8.23. The summed E-state index contributed by atoms with van der Waals surface area (Å²) in [6.07, 6.45) is 5.91. The molecule has 20 heavy (non-hydrogen) atoms. The van der Waals surface area contributed by atoms with Gasteiger partial charge in [-0.3, -0.25) is 4.79 Å². The van der Waals surface area contributed by atoms with Gasteiger partial charge in [-0.05, 0) is 45.4 Å². The van der Waals surface area contributed by atoms with Crippen molar-refractivity contribution in [3.05, 3.63) is 0 Å². The monoisotopic (exact) mass is 279 g/mol. The maximum atomic E-state index is 12.9. The summed E-state index contributed by atoms with van der Waals surface area (Å²) in [4.78, 5) is 15.0. The molecule has 1 aliphatic carbocycles. The molecule has 3 fully saturated rings. The summed E-state index contributed by atoms with van der Waals surface area (Å²) in [5.41, 5.74) is -0.297. The fourth-order valence-electron chi connectivity index (χ4n) is 4.61. The lowest BCUT2D eigenvalue weighted by Gasteiger charge is -2.60. The lowest BCUT2D eigenvalue weighted by Crippen LogP contribution is -2.69. The minimum atomic E-state index is -0.230. The van der Waals surface area contributed by atoms with Crippen LogP contribution in [-0.2, 0) is 9.53 Å². The van der Waals surface area contributed by atoms with Crippen molar-refractivity contribution in [3.63, 3.8) is 0 Å². The molecule has 0 spiro atoms. The molecule has 3 rings (SSSR count). The third kappa shape index (κ3) is 2.01. The highest BCUT2D eigenvalue weighted by Gasteiger charge is 2.56. The minimum Gasteiger partial charge on any atom is -0.355 e. The normalized spacial score (nSPS) is 42.9. The Morgan fingerprint density at radius 1 is 1.15 bits per heavy atom. The van der Waals surface area contributed by atoms with Crippen LogP contribution in [0.25, 0.3) is 0 Å². The first-order chi connectivity index (χ1) is 9.23. The van der Waals surface area contributed by atoms with Gasteiger partial charge in [-0.1, -0.05) is 27.2 Å². The van der Waals surface area contributed by atoms with Gasteiger partial charge >= 0.3 is 0 Å². The number of carbonyl (C=O) groups excluding carboxylic acids is 1. The fraction of sp³-hybridized carbons (Fsp3) is 0.941. The molecular formula is C17H29NO2. The number of fused-ring (bicyclic) bond motifs is 2. The van der Waals surface area contributed by atoms with E-state index in [1.165, 1.54) is 12.8 Å². The van der Waals surface area contributed by atoms with Gasteiger partial charge in [-0.2, -0.15) is 0 Å². The number of rotatable bonds is 0. The Balaban J connectivity index is 1.92. The van der Waals surface area contributed by atoms with E-state index in [1.807, 2.05) is 0 Å². The Morgan fingerprint density at radius 3 is 2.55 bits per heavy atom. The Hall–Kier alpha value is -0.570. The molecule has 0 N–H and O–H groups in total. The molecule has 4 atom stereocenters. The SMILES string of the molecule is C[C@@H]1CC[C@H]2[C@@H](C1)O[C@H]1CCC(C)(C)C(=O)N1C2(C)C. The van der Waals surface area contributed by atoms with E-state index in [-0.39, 0.29) is 23.1 Å². The van der Waals surface area contributed by atoms with Crippen molar-refractivity contribution in [3.8, 4) is 0 Å². The zero-order valence-electron chi connectivity index (χ0n) is 13.6. The molecule has 2 saturated heterocycles. The molecule has 0 aromatic carbocycles. The number of piperidine rings is 1. The second-order valence-electron chi connectivity index (χ2n) is 8.41. The molecular weight excluding hydrogens is 250 g/mol. The van der Waals surface area contributed by atoms with Crippen LogP contribution in [0.4, 0.5) is 0 Å². The van der Waals surface area contributed by atoms with Crippen LogP contribution in [0.1, 0.15) is 66.7 Å². The molecule has 2 heterocycles. The van der Waals surface area contributed by atoms with Crippen molar-refractivity contribution >= 4 is 5.91 Å². The van der Waals surface area contributed by atoms with E-state index in [0.29, 0.717) is 12.0 Å². The highest BCUT2D eigenvalue weighted by molar-refractivity contribution is 5.83. The van der Waals surface area contributed by atoms with Crippen LogP contribution in [-0.4, -0.2) is 28.7 Å². The third-order valence-corrected chi connectivity index (χ3v) is 6.02. The van der Waals surface area contributed by atoms with E-state index in [0.717, 1.165) is 25.2 Å². The molecule has 1 amide bonds. The van der Waals surface area contributed by atoms with Crippen molar-refractivity contribution in [1.29, 1.82) is 0 Å². The van der Waals surface area contributed by atoms with Crippen LogP contribution in [0.5, 0.6) is 0 Å². The van der Waals surface area contributed by atoms with Gasteiger partial charge in [0, 0.05) is 16.9 Å². The molecule has 3 nitrogen and oxygen atoms in total. The van der Waals surface area contributed by atoms with Crippen molar-refractivity contribution in [2.45, 2.75) is 84.6 Å². The van der Waals surface area contributed by atoms with E-state index < -0.39 is 0 Å². The summed E-state index contributed by atoms with van der Waals surface area (Å²) in [7, 11) is 0. The average Bonchev–Trinajstić information content (AvgIpc) is 2.33. The average molecular weight is 279 g/mol. The summed E-state index contributed by atoms with van der Waals surface area (Å²) in [6, 6.07) is 0. The smallest absolute Gasteiger partial charge is 0.230 e. The molecule has 2 aliphatic heterocycles. The number of carbonyl (C=O) groups is 1. The predicted molar refractivity (Wildman–Crippen MR) is 79.1 cm³/mol. The Kier molecular flexibility index (Phi) is 3.20. The topological polar surface area (TPSA) is 29.5 Å². The van der Waals surface area contributed by atoms with Gasteiger partial charge in [-0.25, -0.2) is 0 Å². The zero-order chi connectivity index (χ0) is 14.7. The highest BCUT2D eigenvalue weighted by Crippen LogP contribution is 2.49. The summed E-state index contributed by atoms with van der Waals surface area (Å²) in [5, 5.41) is 0. The summed E-state index contributed by atoms with van der Waals surface area (Å²) < 4.78 is 6.37. The number of ether oxygens (including phenoxy) is 1. The van der Waals surface area contributed by atoms with Gasteiger partial charge in [0.2, 0.25) is 5.91 Å².